The van der Waals surface area contributed by atoms with E-state index >= 15 is 0 Å². The Bertz CT molecular complexity index is 910. The molecule has 4 saturated heterocycles. The van der Waals surface area contributed by atoms with Crippen LogP contribution in [-0.4, -0.2) is 221 Å². The molecule has 20 atom stereocenters. The Hall–Kier alpha value is -0.840. The monoisotopic (exact) mass is 666 g/mol. The number of aliphatic hydroxyl groups is 14. The van der Waals surface area contributed by atoms with Crippen molar-refractivity contribution in [3.63, 3.8) is 0 Å². The maximum atomic E-state index is 11.1. The quantitative estimate of drug-likeness (QED) is 0.103. The van der Waals surface area contributed by atoms with Gasteiger partial charge in [0.15, 0.2) is 25.2 Å². The summed E-state index contributed by atoms with van der Waals surface area (Å²) in [5, 5.41) is 142. The minimum absolute atomic E-state index is 0.734. The SMILES string of the molecule is OC[C@H]1O[C@@H](OC[C@H]2O[C@H](O[C@H]3O[C@H](CO)[C@@H](O)[C@H](O)[C@H]3O)[C@H](O[C@@H]3O[C@H](CO)[C@@H](O)[C@H](O)[C@H]3O)[C@@H](O)[C@@H]2O)[C@H](O)[C@@H](O)[C@H]1O. The van der Waals surface area contributed by atoms with Crippen LogP contribution in [0.4, 0.5) is 0 Å². The third-order valence-electron chi connectivity index (χ3n) is 8.17. The van der Waals surface area contributed by atoms with Crippen LogP contribution in [0.3, 0.4) is 0 Å². The molecule has 0 aromatic carbocycles. The summed E-state index contributed by atoms with van der Waals surface area (Å²) in [7, 11) is 0. The lowest BCUT2D eigenvalue weighted by Gasteiger charge is -2.48. The van der Waals surface area contributed by atoms with Crippen LogP contribution >= 0.6 is 0 Å². The Kier molecular flexibility index (Phi) is 12.8. The molecule has 4 fully saturated rings. The molecule has 264 valence electrons. The summed E-state index contributed by atoms with van der Waals surface area (Å²) < 4.78 is 38.1. The predicted octanol–water partition coefficient (Wildman–Crippen LogP) is -9.75. The second kappa shape index (κ2) is 15.6. The van der Waals surface area contributed by atoms with Gasteiger partial charge in [-0.1, -0.05) is 0 Å². The van der Waals surface area contributed by atoms with E-state index in [4.69, 9.17) is 33.2 Å². The predicted molar refractivity (Wildman–Crippen MR) is 134 cm³/mol. The second-order valence-electron chi connectivity index (χ2n) is 11.2. The van der Waals surface area contributed by atoms with Crippen molar-refractivity contribution in [2.75, 3.05) is 26.4 Å². The maximum Gasteiger partial charge on any atom is 0.190 e. The molecule has 4 heterocycles. The third kappa shape index (κ3) is 7.59. The summed E-state index contributed by atoms with van der Waals surface area (Å²) in [5.41, 5.74) is 0. The number of rotatable bonds is 10. The van der Waals surface area contributed by atoms with Crippen molar-refractivity contribution >= 4 is 0 Å². The Morgan fingerprint density at radius 2 is 0.711 bits per heavy atom. The maximum absolute atomic E-state index is 11.1. The van der Waals surface area contributed by atoms with E-state index in [1.165, 1.54) is 0 Å². The van der Waals surface area contributed by atoms with E-state index < -0.39 is 149 Å². The van der Waals surface area contributed by atoms with Crippen molar-refractivity contribution in [2.24, 2.45) is 0 Å². The number of hydrogen-bond donors (Lipinski definition) is 14. The molecule has 0 radical (unpaired) electrons. The van der Waals surface area contributed by atoms with Crippen molar-refractivity contribution in [3.05, 3.63) is 0 Å². The molecule has 0 bridgehead atoms. The van der Waals surface area contributed by atoms with Gasteiger partial charge in [0.1, 0.15) is 97.7 Å². The van der Waals surface area contributed by atoms with E-state index in [2.05, 4.69) is 0 Å². The van der Waals surface area contributed by atoms with Crippen molar-refractivity contribution in [1.82, 2.24) is 0 Å². The fourth-order valence-corrected chi connectivity index (χ4v) is 5.34. The van der Waals surface area contributed by atoms with Crippen molar-refractivity contribution in [3.8, 4) is 0 Å². The molecule has 0 aromatic rings. The molecule has 0 aliphatic carbocycles. The van der Waals surface area contributed by atoms with Crippen molar-refractivity contribution in [2.45, 2.75) is 123 Å². The van der Waals surface area contributed by atoms with Crippen LogP contribution in [0.1, 0.15) is 0 Å². The molecule has 21 heteroatoms. The summed E-state index contributed by atoms with van der Waals surface area (Å²) in [6.07, 6.45) is -35.7. The lowest BCUT2D eigenvalue weighted by molar-refractivity contribution is -0.404. The lowest BCUT2D eigenvalue weighted by atomic mass is 9.96. The number of aliphatic hydroxyl groups excluding tert-OH is 14. The zero-order chi connectivity index (χ0) is 33.3. The lowest BCUT2D eigenvalue weighted by Crippen LogP contribution is -2.66. The first-order valence-electron chi connectivity index (χ1n) is 14.1. The van der Waals surface area contributed by atoms with Crippen LogP contribution in [0.15, 0.2) is 0 Å². The van der Waals surface area contributed by atoms with Crippen LogP contribution in [0.5, 0.6) is 0 Å². The summed E-state index contributed by atoms with van der Waals surface area (Å²) in [6, 6.07) is 0. The topological polar surface area (TPSA) is 348 Å². The van der Waals surface area contributed by atoms with Crippen molar-refractivity contribution in [1.29, 1.82) is 0 Å². The summed E-state index contributed by atoms with van der Waals surface area (Å²) in [4.78, 5) is 0. The van der Waals surface area contributed by atoms with Crippen LogP contribution in [-0.2, 0) is 33.2 Å². The van der Waals surface area contributed by atoms with Crippen LogP contribution in [0, 0.1) is 0 Å². The van der Waals surface area contributed by atoms with E-state index in [1.54, 1.807) is 0 Å². The van der Waals surface area contributed by atoms with Gasteiger partial charge >= 0.3 is 0 Å². The Morgan fingerprint density at radius 3 is 1.16 bits per heavy atom. The average Bonchev–Trinajstić information content (AvgIpc) is 3.03. The van der Waals surface area contributed by atoms with Crippen LogP contribution in [0.25, 0.3) is 0 Å². The van der Waals surface area contributed by atoms with E-state index in [0.717, 1.165) is 0 Å². The molecule has 4 aliphatic rings. The Morgan fingerprint density at radius 1 is 0.356 bits per heavy atom. The molecule has 0 saturated carbocycles. The summed E-state index contributed by atoms with van der Waals surface area (Å²) in [6.45, 7) is -3.17. The van der Waals surface area contributed by atoms with E-state index in [1.807, 2.05) is 0 Å². The first-order chi connectivity index (χ1) is 21.2. The standard InChI is InChI=1S/C24H42O21/c25-1-5-9(28)13(32)17(36)21(40-5)39-4-8-12(31)16(35)20(44-22-18(37)14(33)10(29)6(2-26)41-22)24(43-8)45-23-19(38)15(34)11(30)7(3-27)42-23/h5-38H,1-4H2/t5-,6-,7-,8-,9+,10-,11-,12-,13+,14+,15+,16+,17-,18-,19-,20-,21-,22+,23-,24-/m1/s1. The molecule has 0 spiro atoms. The van der Waals surface area contributed by atoms with E-state index in [0.29, 0.717) is 0 Å². The fourth-order valence-electron chi connectivity index (χ4n) is 5.34. The molecule has 4 rings (SSSR count). The summed E-state index contributed by atoms with van der Waals surface area (Å²) in [5.74, 6) is 0. The number of ether oxygens (including phenoxy) is 7. The number of hydrogen-bond acceptors (Lipinski definition) is 21. The normalized spacial score (nSPS) is 52.9. The second-order valence-corrected chi connectivity index (χ2v) is 11.2. The minimum Gasteiger partial charge on any atom is -0.394 e. The van der Waals surface area contributed by atoms with Gasteiger partial charge in [0.2, 0.25) is 0 Å². The van der Waals surface area contributed by atoms with Gasteiger partial charge in [-0.25, -0.2) is 0 Å². The molecule has 0 aromatic heterocycles. The van der Waals surface area contributed by atoms with Crippen molar-refractivity contribution < 1.29 is 105 Å². The molecule has 14 N–H and O–H groups in total. The van der Waals surface area contributed by atoms with Gasteiger partial charge in [-0.2, -0.15) is 0 Å². The van der Waals surface area contributed by atoms with Crippen LogP contribution < -0.4 is 0 Å². The zero-order valence-corrected chi connectivity index (χ0v) is 23.5. The first kappa shape index (κ1) is 37.0. The van der Waals surface area contributed by atoms with Gasteiger partial charge in [-0.15, -0.1) is 0 Å². The first-order valence-corrected chi connectivity index (χ1v) is 14.1. The van der Waals surface area contributed by atoms with Gasteiger partial charge in [0.05, 0.1) is 26.4 Å². The highest BCUT2D eigenvalue weighted by molar-refractivity contribution is 4.96. The molecular formula is C24H42O21. The molecule has 21 nitrogen and oxygen atoms in total. The molecule has 0 unspecified atom stereocenters. The Labute approximate surface area is 254 Å². The van der Waals surface area contributed by atoms with Gasteiger partial charge in [-0.3, -0.25) is 0 Å². The van der Waals surface area contributed by atoms with Gasteiger partial charge in [0, 0.05) is 0 Å². The average molecular weight is 667 g/mol. The molecular weight excluding hydrogens is 624 g/mol. The Balaban J connectivity index is 1.55. The highest BCUT2D eigenvalue weighted by Gasteiger charge is 2.54. The molecule has 4 aliphatic heterocycles. The van der Waals surface area contributed by atoms with Gasteiger partial charge < -0.3 is 105 Å². The smallest absolute Gasteiger partial charge is 0.190 e. The fraction of sp³-hybridized carbons (Fsp3) is 1.00. The third-order valence-corrected chi connectivity index (χ3v) is 8.17. The van der Waals surface area contributed by atoms with E-state index in [-0.39, 0.29) is 0 Å². The minimum atomic E-state index is -2.04. The van der Waals surface area contributed by atoms with E-state index in [9.17, 15) is 71.5 Å². The van der Waals surface area contributed by atoms with Gasteiger partial charge in [0.25, 0.3) is 0 Å². The van der Waals surface area contributed by atoms with Crippen LogP contribution in [0.2, 0.25) is 0 Å². The molecule has 45 heavy (non-hydrogen) atoms. The highest BCUT2D eigenvalue weighted by Crippen LogP contribution is 2.33. The highest BCUT2D eigenvalue weighted by atomic mass is 16.8. The van der Waals surface area contributed by atoms with Gasteiger partial charge in [-0.05, 0) is 0 Å². The largest absolute Gasteiger partial charge is 0.394 e. The summed E-state index contributed by atoms with van der Waals surface area (Å²) >= 11 is 0. The zero-order valence-electron chi connectivity index (χ0n) is 23.5. The molecule has 0 amide bonds.